The van der Waals surface area contributed by atoms with Gasteiger partial charge in [0.15, 0.2) is 5.69 Å². The van der Waals surface area contributed by atoms with Crippen LogP contribution in [0.5, 0.6) is 0 Å². The number of benzene rings is 1. The summed E-state index contributed by atoms with van der Waals surface area (Å²) in [6.45, 7) is 1.57. The van der Waals surface area contributed by atoms with Gasteiger partial charge in [-0.3, -0.25) is 14.9 Å². The molecule has 1 N–H and O–H groups in total. The molecule has 102 valence electrons. The van der Waals surface area contributed by atoms with E-state index in [1.54, 1.807) is 6.92 Å². The van der Waals surface area contributed by atoms with Crippen LogP contribution < -0.4 is 5.43 Å². The lowest BCUT2D eigenvalue weighted by molar-refractivity contribution is -0.384. The van der Waals surface area contributed by atoms with E-state index in [4.69, 9.17) is 0 Å². The molecule has 0 radical (unpaired) electrons. The average molecular weight is 275 g/mol. The van der Waals surface area contributed by atoms with Crippen LogP contribution in [0.1, 0.15) is 21.7 Å². The van der Waals surface area contributed by atoms with Gasteiger partial charge in [-0.1, -0.05) is 5.16 Å². The molecule has 20 heavy (non-hydrogen) atoms. The molecule has 9 nitrogen and oxygen atoms in total. The molecule has 2 rings (SSSR count). The third-order valence-corrected chi connectivity index (χ3v) is 2.35. The molecule has 9 heteroatoms. The lowest BCUT2D eigenvalue weighted by atomic mass is 10.2. The first kappa shape index (κ1) is 13.3. The lowest BCUT2D eigenvalue weighted by Gasteiger charge is -1.95. The van der Waals surface area contributed by atoms with Crippen LogP contribution in [0.15, 0.2) is 34.0 Å². The Morgan fingerprint density at radius 2 is 2.10 bits per heavy atom. The fraction of sp³-hybridized carbons (Fsp3) is 0.0909. The molecule has 0 saturated carbocycles. The van der Waals surface area contributed by atoms with E-state index in [2.05, 4.69) is 25.5 Å². The Balaban J connectivity index is 1.98. The van der Waals surface area contributed by atoms with Crippen molar-refractivity contribution in [2.45, 2.75) is 6.92 Å². The maximum Gasteiger partial charge on any atom is 0.295 e. The molecule has 0 aliphatic heterocycles. The Hall–Kier alpha value is -3.10. The molecule has 0 atom stereocenters. The van der Waals surface area contributed by atoms with Gasteiger partial charge in [-0.05, 0) is 29.8 Å². The third kappa shape index (κ3) is 3.02. The predicted octanol–water partition coefficient (Wildman–Crippen LogP) is 1.05. The van der Waals surface area contributed by atoms with Crippen LogP contribution in [0.4, 0.5) is 5.69 Å². The number of hydrazone groups is 1. The zero-order chi connectivity index (χ0) is 14.5. The SMILES string of the molecule is Cc1nonc1C(=O)N/N=C\c1ccc([N+](=O)[O-])cc1. The molecule has 1 heterocycles. The maximum atomic E-state index is 11.6. The Bertz CT molecular complexity index is 662. The molecule has 0 fully saturated rings. The van der Waals surface area contributed by atoms with Crippen molar-refractivity contribution < 1.29 is 14.3 Å². The highest BCUT2D eigenvalue weighted by Crippen LogP contribution is 2.10. The summed E-state index contributed by atoms with van der Waals surface area (Å²) in [5.41, 5.74) is 3.23. The van der Waals surface area contributed by atoms with Crippen LogP contribution in [0.2, 0.25) is 0 Å². The molecule has 0 aliphatic rings. The first-order valence-electron chi connectivity index (χ1n) is 5.45. The number of non-ortho nitro benzene ring substituents is 1. The fourth-order valence-electron chi connectivity index (χ4n) is 1.34. The van der Waals surface area contributed by atoms with Gasteiger partial charge in [0.1, 0.15) is 5.69 Å². The van der Waals surface area contributed by atoms with Crippen molar-refractivity contribution in [3.8, 4) is 0 Å². The fourth-order valence-corrected chi connectivity index (χ4v) is 1.34. The second kappa shape index (κ2) is 5.69. The number of aryl methyl sites for hydroxylation is 1. The molecule has 0 bridgehead atoms. The van der Waals surface area contributed by atoms with Gasteiger partial charge in [0, 0.05) is 12.1 Å². The number of hydrogen-bond donors (Lipinski definition) is 1. The largest absolute Gasteiger partial charge is 0.295 e. The quantitative estimate of drug-likeness (QED) is 0.505. The van der Waals surface area contributed by atoms with Gasteiger partial charge in [-0.2, -0.15) is 5.10 Å². The van der Waals surface area contributed by atoms with Gasteiger partial charge in [0.05, 0.1) is 11.1 Å². The van der Waals surface area contributed by atoms with Crippen molar-refractivity contribution in [1.82, 2.24) is 15.7 Å². The highest BCUT2D eigenvalue weighted by Gasteiger charge is 2.13. The summed E-state index contributed by atoms with van der Waals surface area (Å²) in [6.07, 6.45) is 1.35. The van der Waals surface area contributed by atoms with Crippen LogP contribution in [0.25, 0.3) is 0 Å². The summed E-state index contributed by atoms with van der Waals surface area (Å²) in [7, 11) is 0. The monoisotopic (exact) mass is 275 g/mol. The van der Waals surface area contributed by atoms with E-state index < -0.39 is 10.8 Å². The van der Waals surface area contributed by atoms with Crippen LogP contribution >= 0.6 is 0 Å². The predicted molar refractivity (Wildman–Crippen MR) is 67.2 cm³/mol. The molecule has 2 aromatic rings. The minimum Gasteiger partial charge on any atom is -0.265 e. The summed E-state index contributed by atoms with van der Waals surface area (Å²) in [5.74, 6) is -0.554. The van der Waals surface area contributed by atoms with Gasteiger partial charge < -0.3 is 0 Å². The molecule has 0 unspecified atom stereocenters. The number of nitrogens with one attached hydrogen (secondary N) is 1. The highest BCUT2D eigenvalue weighted by molar-refractivity contribution is 5.93. The molecule has 1 aromatic heterocycles. The van der Waals surface area contributed by atoms with E-state index in [1.807, 2.05) is 0 Å². The smallest absolute Gasteiger partial charge is 0.265 e. The number of aromatic nitrogens is 2. The molecule has 1 amide bonds. The highest BCUT2D eigenvalue weighted by atomic mass is 16.6. The van der Waals surface area contributed by atoms with E-state index in [9.17, 15) is 14.9 Å². The summed E-state index contributed by atoms with van der Waals surface area (Å²) >= 11 is 0. The molecule has 0 saturated heterocycles. The second-order valence-electron chi connectivity index (χ2n) is 3.75. The van der Waals surface area contributed by atoms with E-state index in [0.717, 1.165) is 0 Å². The number of carbonyl (C=O) groups is 1. The van der Waals surface area contributed by atoms with Gasteiger partial charge in [0.2, 0.25) is 0 Å². The zero-order valence-electron chi connectivity index (χ0n) is 10.3. The lowest BCUT2D eigenvalue weighted by Crippen LogP contribution is -2.19. The first-order chi connectivity index (χ1) is 9.58. The van der Waals surface area contributed by atoms with Crippen LogP contribution in [0.3, 0.4) is 0 Å². The molecule has 1 aromatic carbocycles. The number of nitro groups is 1. The normalized spacial score (nSPS) is 10.7. The summed E-state index contributed by atoms with van der Waals surface area (Å²) in [4.78, 5) is 21.6. The summed E-state index contributed by atoms with van der Waals surface area (Å²) in [5, 5.41) is 21.1. The first-order valence-corrected chi connectivity index (χ1v) is 5.45. The maximum absolute atomic E-state index is 11.6. The van der Waals surface area contributed by atoms with Crippen molar-refractivity contribution in [2.24, 2.45) is 5.10 Å². The molecule has 0 spiro atoms. The minimum absolute atomic E-state index is 0.0181. The van der Waals surface area contributed by atoms with E-state index in [1.165, 1.54) is 30.5 Å². The number of hydrogen-bond acceptors (Lipinski definition) is 7. The van der Waals surface area contributed by atoms with Crippen molar-refractivity contribution >= 4 is 17.8 Å². The van der Waals surface area contributed by atoms with Gasteiger partial charge >= 0.3 is 0 Å². The Labute approximate surface area is 112 Å². The van der Waals surface area contributed by atoms with Crippen molar-refractivity contribution in [3.63, 3.8) is 0 Å². The number of nitro benzene ring substituents is 1. The summed E-state index contributed by atoms with van der Waals surface area (Å²) < 4.78 is 4.39. The molecular weight excluding hydrogens is 266 g/mol. The number of nitrogens with zero attached hydrogens (tertiary/aromatic N) is 4. The van der Waals surface area contributed by atoms with Gasteiger partial charge in [-0.15, -0.1) is 0 Å². The number of amides is 1. The molecule has 0 aliphatic carbocycles. The second-order valence-corrected chi connectivity index (χ2v) is 3.75. The van der Waals surface area contributed by atoms with Gasteiger partial charge in [-0.25, -0.2) is 10.1 Å². The Morgan fingerprint density at radius 1 is 1.40 bits per heavy atom. The zero-order valence-corrected chi connectivity index (χ0v) is 10.3. The van der Waals surface area contributed by atoms with Crippen LogP contribution in [-0.4, -0.2) is 27.4 Å². The van der Waals surface area contributed by atoms with Crippen molar-refractivity contribution in [2.75, 3.05) is 0 Å². The van der Waals surface area contributed by atoms with Gasteiger partial charge in [0.25, 0.3) is 11.6 Å². The Morgan fingerprint density at radius 3 is 2.65 bits per heavy atom. The average Bonchev–Trinajstić information content (AvgIpc) is 2.85. The van der Waals surface area contributed by atoms with E-state index >= 15 is 0 Å². The number of carbonyl (C=O) groups excluding carboxylic acids is 1. The van der Waals surface area contributed by atoms with Crippen LogP contribution in [0, 0.1) is 17.0 Å². The van der Waals surface area contributed by atoms with E-state index in [-0.39, 0.29) is 11.4 Å². The molecular formula is C11H9N5O4. The Kier molecular flexibility index (Phi) is 3.80. The van der Waals surface area contributed by atoms with E-state index in [0.29, 0.717) is 11.3 Å². The minimum atomic E-state index is -0.554. The topological polar surface area (TPSA) is 124 Å². The van der Waals surface area contributed by atoms with Crippen molar-refractivity contribution in [1.29, 1.82) is 0 Å². The van der Waals surface area contributed by atoms with Crippen LogP contribution in [-0.2, 0) is 0 Å². The number of rotatable bonds is 4. The third-order valence-electron chi connectivity index (χ3n) is 2.35. The standard InChI is InChI=1S/C11H9N5O4/c1-7-10(15-20-14-7)11(17)13-12-6-8-2-4-9(5-3-8)16(18)19/h2-6H,1H3,(H,13,17)/b12-6-. The van der Waals surface area contributed by atoms with Crippen molar-refractivity contribution in [3.05, 3.63) is 51.3 Å². The summed E-state index contributed by atoms with van der Waals surface area (Å²) in [6, 6.07) is 5.71.